The molecule has 1 aliphatic carbocycles. The highest BCUT2D eigenvalue weighted by Crippen LogP contribution is 2.38. The number of aromatic nitrogens is 3. The van der Waals surface area contributed by atoms with E-state index >= 15 is 0 Å². The first-order valence-corrected chi connectivity index (χ1v) is 8.06. The number of esters is 1. The van der Waals surface area contributed by atoms with Crippen LogP contribution in [0.2, 0.25) is 0 Å². The van der Waals surface area contributed by atoms with Gasteiger partial charge in [0.25, 0.3) is 5.89 Å². The van der Waals surface area contributed by atoms with E-state index in [1.54, 1.807) is 13.1 Å². The molecule has 122 valence electrons. The summed E-state index contributed by atoms with van der Waals surface area (Å²) >= 11 is 0. The first kappa shape index (κ1) is 14.8. The van der Waals surface area contributed by atoms with E-state index in [4.69, 9.17) is 9.26 Å². The highest BCUT2D eigenvalue weighted by atomic mass is 16.6. The number of carbonyl (C=O) groups excluding carboxylic acids is 1. The molecule has 1 aliphatic rings. The fourth-order valence-electron chi connectivity index (χ4n) is 2.67. The Bertz CT molecular complexity index is 881. The van der Waals surface area contributed by atoms with E-state index in [2.05, 4.69) is 15.1 Å². The summed E-state index contributed by atoms with van der Waals surface area (Å²) in [5.74, 6) is 1.13. The minimum Gasteiger partial charge on any atom is -0.452 e. The molecule has 6 nitrogen and oxygen atoms in total. The third kappa shape index (κ3) is 2.99. The van der Waals surface area contributed by atoms with Crippen molar-refractivity contribution in [3.05, 3.63) is 53.8 Å². The maximum absolute atomic E-state index is 12.3. The van der Waals surface area contributed by atoms with E-state index in [1.165, 1.54) is 0 Å². The molecule has 2 heterocycles. The Balaban J connectivity index is 1.45. The Labute approximate surface area is 138 Å². The van der Waals surface area contributed by atoms with Gasteiger partial charge in [-0.05, 0) is 31.4 Å². The molecule has 1 atom stereocenters. The predicted octanol–water partition coefficient (Wildman–Crippen LogP) is 3.34. The van der Waals surface area contributed by atoms with Crippen LogP contribution in [0.1, 0.15) is 49.1 Å². The molecule has 6 heteroatoms. The summed E-state index contributed by atoms with van der Waals surface area (Å²) < 4.78 is 10.6. The molecule has 2 aromatic heterocycles. The van der Waals surface area contributed by atoms with Crippen LogP contribution in [0.4, 0.5) is 0 Å². The molecule has 4 rings (SSSR count). The van der Waals surface area contributed by atoms with Crippen LogP contribution in [0.5, 0.6) is 0 Å². The smallest absolute Gasteiger partial charge is 0.311 e. The van der Waals surface area contributed by atoms with Crippen molar-refractivity contribution in [1.82, 2.24) is 15.1 Å². The molecule has 24 heavy (non-hydrogen) atoms. The molecule has 0 aliphatic heterocycles. The Morgan fingerprint density at radius 1 is 1.33 bits per heavy atom. The van der Waals surface area contributed by atoms with E-state index in [1.807, 2.05) is 30.3 Å². The highest BCUT2D eigenvalue weighted by molar-refractivity contribution is 5.85. The third-order valence-electron chi connectivity index (χ3n) is 4.11. The van der Waals surface area contributed by atoms with Crippen molar-refractivity contribution < 1.29 is 14.1 Å². The normalized spacial score (nSPS) is 15.4. The number of rotatable bonds is 5. The number of ether oxygens (including phenoxy) is 1. The Kier molecular flexibility index (Phi) is 3.72. The molecule has 0 radical (unpaired) electrons. The van der Waals surface area contributed by atoms with Gasteiger partial charge in [-0.15, -0.1) is 0 Å². The van der Waals surface area contributed by atoms with E-state index in [0.717, 1.165) is 29.3 Å². The quantitative estimate of drug-likeness (QED) is 0.670. The predicted molar refractivity (Wildman–Crippen MR) is 86.2 cm³/mol. The molecule has 3 aromatic rings. The van der Waals surface area contributed by atoms with Gasteiger partial charge in [0.1, 0.15) is 0 Å². The molecule has 0 N–H and O–H groups in total. The maximum Gasteiger partial charge on any atom is 0.311 e. The average molecular weight is 323 g/mol. The molecule has 0 spiro atoms. The molecule has 0 bridgehead atoms. The summed E-state index contributed by atoms with van der Waals surface area (Å²) in [5.41, 5.74) is 1.66. The van der Waals surface area contributed by atoms with Crippen LogP contribution in [-0.4, -0.2) is 21.1 Å². The van der Waals surface area contributed by atoms with Crippen molar-refractivity contribution in [2.45, 2.75) is 38.2 Å². The van der Waals surface area contributed by atoms with Gasteiger partial charge >= 0.3 is 5.97 Å². The third-order valence-corrected chi connectivity index (χ3v) is 4.11. The lowest BCUT2D eigenvalue weighted by Gasteiger charge is -2.10. The molecule has 0 unspecified atom stereocenters. The van der Waals surface area contributed by atoms with Gasteiger partial charge in [0.15, 0.2) is 11.9 Å². The molecule has 0 amide bonds. The molecular weight excluding hydrogens is 306 g/mol. The lowest BCUT2D eigenvalue weighted by Crippen LogP contribution is -2.12. The maximum atomic E-state index is 12.3. The van der Waals surface area contributed by atoms with Gasteiger partial charge in [0.2, 0.25) is 0 Å². The van der Waals surface area contributed by atoms with Crippen LogP contribution >= 0.6 is 0 Å². The van der Waals surface area contributed by atoms with Crippen LogP contribution in [0.25, 0.3) is 10.9 Å². The zero-order valence-electron chi connectivity index (χ0n) is 13.3. The van der Waals surface area contributed by atoms with E-state index < -0.39 is 6.10 Å². The summed E-state index contributed by atoms with van der Waals surface area (Å²) in [6.45, 7) is 1.74. The van der Waals surface area contributed by atoms with Crippen molar-refractivity contribution in [1.29, 1.82) is 0 Å². The lowest BCUT2D eigenvalue weighted by molar-refractivity contribution is -0.148. The van der Waals surface area contributed by atoms with Crippen LogP contribution in [-0.2, 0) is 16.0 Å². The van der Waals surface area contributed by atoms with Gasteiger partial charge in [-0.2, -0.15) is 4.98 Å². The monoisotopic (exact) mass is 323 g/mol. The average Bonchev–Trinajstić information content (AvgIpc) is 3.32. The highest BCUT2D eigenvalue weighted by Gasteiger charge is 2.30. The van der Waals surface area contributed by atoms with E-state index in [9.17, 15) is 4.79 Å². The van der Waals surface area contributed by atoms with Gasteiger partial charge in [-0.3, -0.25) is 9.78 Å². The van der Waals surface area contributed by atoms with E-state index in [0.29, 0.717) is 17.6 Å². The molecule has 1 fully saturated rings. The van der Waals surface area contributed by atoms with Gasteiger partial charge in [0.05, 0.1) is 11.9 Å². The fraction of sp³-hybridized carbons (Fsp3) is 0.333. The number of hydrogen-bond acceptors (Lipinski definition) is 6. The van der Waals surface area contributed by atoms with Crippen LogP contribution in [0, 0.1) is 0 Å². The standard InChI is InChI=1S/C18H17N3O3/c1-11(18-20-17(21-24-18)13-7-8-13)23-15(22)10-14-5-2-4-12-6-3-9-19-16(12)14/h2-6,9,11,13H,7-8,10H2,1H3/t11-/m1/s1. The SMILES string of the molecule is C[C@@H](OC(=O)Cc1cccc2cccnc12)c1nc(C2CC2)no1. The molecule has 1 saturated carbocycles. The van der Waals surface area contributed by atoms with Crippen molar-refractivity contribution in [3.63, 3.8) is 0 Å². The van der Waals surface area contributed by atoms with Gasteiger partial charge < -0.3 is 9.26 Å². The summed E-state index contributed by atoms with van der Waals surface area (Å²) in [6, 6.07) is 9.62. The number of para-hydroxylation sites is 1. The van der Waals surface area contributed by atoms with Crippen molar-refractivity contribution >= 4 is 16.9 Å². The second-order valence-corrected chi connectivity index (χ2v) is 6.07. The van der Waals surface area contributed by atoms with Gasteiger partial charge in [0, 0.05) is 17.5 Å². The Morgan fingerprint density at radius 2 is 2.17 bits per heavy atom. The van der Waals surface area contributed by atoms with Crippen molar-refractivity contribution in [2.24, 2.45) is 0 Å². The minimum absolute atomic E-state index is 0.155. The van der Waals surface area contributed by atoms with Crippen molar-refractivity contribution in [2.75, 3.05) is 0 Å². The summed E-state index contributed by atoms with van der Waals surface area (Å²) in [5, 5.41) is 4.95. The van der Waals surface area contributed by atoms with Crippen molar-refractivity contribution in [3.8, 4) is 0 Å². The summed E-state index contributed by atoms with van der Waals surface area (Å²) in [4.78, 5) is 20.9. The van der Waals surface area contributed by atoms with Gasteiger partial charge in [-0.25, -0.2) is 0 Å². The number of carbonyl (C=O) groups is 1. The molecular formula is C18H17N3O3. The summed E-state index contributed by atoms with van der Waals surface area (Å²) in [6.07, 6.45) is 3.52. The second-order valence-electron chi connectivity index (χ2n) is 6.07. The number of hydrogen-bond donors (Lipinski definition) is 0. The van der Waals surface area contributed by atoms with Crippen LogP contribution in [0.3, 0.4) is 0 Å². The largest absolute Gasteiger partial charge is 0.452 e. The minimum atomic E-state index is -0.555. The summed E-state index contributed by atoms with van der Waals surface area (Å²) in [7, 11) is 0. The zero-order chi connectivity index (χ0) is 16.5. The van der Waals surface area contributed by atoms with Gasteiger partial charge in [-0.1, -0.05) is 29.4 Å². The number of nitrogens with zero attached hydrogens (tertiary/aromatic N) is 3. The number of benzene rings is 1. The topological polar surface area (TPSA) is 78.1 Å². The fourth-order valence-corrected chi connectivity index (χ4v) is 2.67. The molecule has 0 saturated heterocycles. The second kappa shape index (κ2) is 6.03. The lowest BCUT2D eigenvalue weighted by atomic mass is 10.1. The number of fused-ring (bicyclic) bond motifs is 1. The van der Waals surface area contributed by atoms with Crippen LogP contribution < -0.4 is 0 Å². The molecule has 1 aromatic carbocycles. The number of pyridine rings is 1. The van der Waals surface area contributed by atoms with E-state index in [-0.39, 0.29) is 12.4 Å². The Morgan fingerprint density at radius 3 is 3.00 bits per heavy atom. The Hall–Kier alpha value is -2.76. The zero-order valence-corrected chi connectivity index (χ0v) is 13.3. The first-order valence-electron chi connectivity index (χ1n) is 8.06. The van der Waals surface area contributed by atoms with Crippen LogP contribution in [0.15, 0.2) is 41.1 Å². The first-order chi connectivity index (χ1) is 11.7.